The fraction of sp³-hybridized carbons (Fsp3) is 0.939. The molecule has 11 unspecified atom stereocenters. The third-order valence-corrected chi connectivity index (χ3v) is 12.3. The zero-order valence-electron chi connectivity index (χ0n) is 39.3. The van der Waals surface area contributed by atoms with E-state index in [0.717, 1.165) is 38.5 Å². The van der Waals surface area contributed by atoms with Gasteiger partial charge in [-0.3, -0.25) is 4.79 Å². The molecule has 2 aliphatic heterocycles. The molecular formula is C49H92O14. The third-order valence-electron chi connectivity index (χ3n) is 12.3. The van der Waals surface area contributed by atoms with E-state index in [-0.39, 0.29) is 25.6 Å². The summed E-state index contributed by atoms with van der Waals surface area (Å²) in [6.45, 7) is 3.65. The first-order valence-electron chi connectivity index (χ1n) is 25.3. The van der Waals surface area contributed by atoms with Gasteiger partial charge in [-0.1, -0.05) is 161 Å². The van der Waals surface area contributed by atoms with Crippen molar-refractivity contribution in [2.75, 3.05) is 33.0 Å². The average molecular weight is 905 g/mol. The SMILES string of the molecule is CCCCCCCCCC/C=C\CCCCCCCCCCCCCC(=O)OC(COCCCCCCCC)COC1OC(COC2OC(CO)C(O)C(O)C2O)C(O)C(O)C1O. The highest BCUT2D eigenvalue weighted by Gasteiger charge is 2.47. The van der Waals surface area contributed by atoms with Crippen LogP contribution >= 0.6 is 0 Å². The summed E-state index contributed by atoms with van der Waals surface area (Å²) < 4.78 is 34.1. The van der Waals surface area contributed by atoms with Gasteiger partial charge in [0, 0.05) is 13.0 Å². The van der Waals surface area contributed by atoms with Gasteiger partial charge >= 0.3 is 5.97 Å². The van der Waals surface area contributed by atoms with Gasteiger partial charge in [-0.15, -0.1) is 0 Å². The Hall–Kier alpha value is -1.27. The van der Waals surface area contributed by atoms with Crippen molar-refractivity contribution in [1.82, 2.24) is 0 Å². The van der Waals surface area contributed by atoms with Gasteiger partial charge in [-0.25, -0.2) is 0 Å². The van der Waals surface area contributed by atoms with Crippen LogP contribution in [0.25, 0.3) is 0 Å². The topological polar surface area (TPSA) is 214 Å². The number of allylic oxidation sites excluding steroid dienone is 2. The van der Waals surface area contributed by atoms with Crippen molar-refractivity contribution in [2.24, 2.45) is 0 Å². The van der Waals surface area contributed by atoms with Crippen LogP contribution in [0.15, 0.2) is 12.2 Å². The number of esters is 1. The lowest BCUT2D eigenvalue weighted by molar-refractivity contribution is -0.332. The zero-order chi connectivity index (χ0) is 45.9. The predicted octanol–water partition coefficient (Wildman–Crippen LogP) is 7.07. The predicted molar refractivity (Wildman–Crippen MR) is 243 cm³/mol. The average Bonchev–Trinajstić information content (AvgIpc) is 3.28. The highest BCUT2D eigenvalue weighted by atomic mass is 16.7. The summed E-state index contributed by atoms with van der Waals surface area (Å²) in [6.07, 6.45) is 21.8. The minimum Gasteiger partial charge on any atom is -0.457 e. The van der Waals surface area contributed by atoms with Crippen LogP contribution in [0.3, 0.4) is 0 Å². The molecule has 2 fully saturated rings. The fourth-order valence-electron chi connectivity index (χ4n) is 8.10. The van der Waals surface area contributed by atoms with E-state index in [1.807, 2.05) is 0 Å². The molecule has 14 nitrogen and oxygen atoms in total. The van der Waals surface area contributed by atoms with Crippen LogP contribution < -0.4 is 0 Å². The lowest BCUT2D eigenvalue weighted by Crippen LogP contribution is -2.61. The van der Waals surface area contributed by atoms with Gasteiger partial charge in [-0.05, 0) is 38.5 Å². The van der Waals surface area contributed by atoms with Gasteiger partial charge in [-0.2, -0.15) is 0 Å². The Kier molecular flexibility index (Phi) is 34.7. The Bertz CT molecular complexity index is 1100. The molecule has 0 radical (unpaired) electrons. The smallest absolute Gasteiger partial charge is 0.306 e. The number of aliphatic hydroxyl groups excluding tert-OH is 7. The maximum Gasteiger partial charge on any atom is 0.306 e. The maximum absolute atomic E-state index is 12.9. The first-order chi connectivity index (χ1) is 30.6. The molecule has 2 aliphatic rings. The summed E-state index contributed by atoms with van der Waals surface area (Å²) in [5.74, 6) is -0.378. The zero-order valence-corrected chi connectivity index (χ0v) is 39.3. The van der Waals surface area contributed by atoms with Crippen LogP contribution in [0.4, 0.5) is 0 Å². The van der Waals surface area contributed by atoms with Gasteiger partial charge in [0.05, 0.1) is 26.4 Å². The molecule has 14 heteroatoms. The molecule has 372 valence electrons. The van der Waals surface area contributed by atoms with Crippen molar-refractivity contribution in [2.45, 2.75) is 261 Å². The second-order valence-electron chi connectivity index (χ2n) is 18.0. The van der Waals surface area contributed by atoms with Crippen molar-refractivity contribution in [1.29, 1.82) is 0 Å². The highest BCUT2D eigenvalue weighted by Crippen LogP contribution is 2.26. The van der Waals surface area contributed by atoms with Gasteiger partial charge in [0.15, 0.2) is 12.6 Å². The molecule has 0 aromatic rings. The van der Waals surface area contributed by atoms with E-state index in [0.29, 0.717) is 13.0 Å². The first kappa shape index (κ1) is 57.9. The molecule has 0 saturated carbocycles. The Morgan fingerprint density at radius 2 is 0.937 bits per heavy atom. The summed E-state index contributed by atoms with van der Waals surface area (Å²) >= 11 is 0. The van der Waals surface area contributed by atoms with Crippen LogP contribution in [0.2, 0.25) is 0 Å². The summed E-state index contributed by atoms with van der Waals surface area (Å²) in [4.78, 5) is 12.9. The van der Waals surface area contributed by atoms with Crippen LogP contribution in [-0.4, -0.2) is 142 Å². The monoisotopic (exact) mass is 905 g/mol. The normalized spacial score (nSPS) is 27.0. The van der Waals surface area contributed by atoms with E-state index in [4.69, 9.17) is 28.4 Å². The largest absolute Gasteiger partial charge is 0.457 e. The molecule has 0 amide bonds. The van der Waals surface area contributed by atoms with Crippen molar-refractivity contribution in [3.63, 3.8) is 0 Å². The molecule has 0 bridgehead atoms. The molecule has 11 atom stereocenters. The number of carbonyl (C=O) groups excluding carboxylic acids is 1. The van der Waals surface area contributed by atoms with Crippen molar-refractivity contribution >= 4 is 5.97 Å². The first-order valence-corrected chi connectivity index (χ1v) is 25.3. The van der Waals surface area contributed by atoms with Crippen LogP contribution in [0, 0.1) is 0 Å². The minimum atomic E-state index is -1.70. The van der Waals surface area contributed by atoms with E-state index in [1.165, 1.54) is 128 Å². The number of hydrogen-bond donors (Lipinski definition) is 7. The number of unbranched alkanes of at least 4 members (excludes halogenated alkanes) is 24. The molecule has 0 spiro atoms. The van der Waals surface area contributed by atoms with Crippen LogP contribution in [0.5, 0.6) is 0 Å². The standard InChI is InChI=1S/C49H92O14/c1-3-5-7-9-11-12-13-14-15-16-17-18-19-20-21-22-23-24-25-26-27-28-30-32-41(51)61-38(35-58-33-31-29-10-8-6-4-2)36-59-48-47(57)45(55)43(53)40(63-48)37-60-49-46(56)44(54)42(52)39(34-50)62-49/h16-17,38-40,42-50,52-57H,3-15,18-37H2,1-2H3/b17-16-. The Morgan fingerprint density at radius 3 is 1.44 bits per heavy atom. The number of rotatable bonds is 40. The summed E-state index contributed by atoms with van der Waals surface area (Å²) in [6, 6.07) is 0. The molecule has 2 saturated heterocycles. The lowest BCUT2D eigenvalue weighted by Gasteiger charge is -2.42. The van der Waals surface area contributed by atoms with E-state index >= 15 is 0 Å². The summed E-state index contributed by atoms with van der Waals surface area (Å²) in [7, 11) is 0. The van der Waals surface area contributed by atoms with Crippen molar-refractivity contribution in [3.05, 3.63) is 12.2 Å². The van der Waals surface area contributed by atoms with Gasteiger partial charge in [0.25, 0.3) is 0 Å². The Morgan fingerprint density at radius 1 is 0.508 bits per heavy atom. The van der Waals surface area contributed by atoms with E-state index in [1.54, 1.807) is 0 Å². The molecule has 2 heterocycles. The molecule has 0 aromatic heterocycles. The lowest BCUT2D eigenvalue weighted by atomic mass is 9.98. The van der Waals surface area contributed by atoms with Crippen molar-refractivity contribution in [3.8, 4) is 0 Å². The van der Waals surface area contributed by atoms with E-state index in [9.17, 15) is 40.5 Å². The number of hydrogen-bond acceptors (Lipinski definition) is 14. The quantitative estimate of drug-likeness (QED) is 0.0186. The van der Waals surface area contributed by atoms with Crippen LogP contribution in [-0.2, 0) is 33.2 Å². The maximum atomic E-state index is 12.9. The molecular weight excluding hydrogens is 813 g/mol. The molecule has 0 aromatic carbocycles. The minimum absolute atomic E-state index is 0.0643. The Labute approximate surface area is 380 Å². The highest BCUT2D eigenvalue weighted by molar-refractivity contribution is 5.69. The molecule has 7 N–H and O–H groups in total. The summed E-state index contributed by atoms with van der Waals surface area (Å²) in [5.41, 5.74) is 0. The second-order valence-corrected chi connectivity index (χ2v) is 18.0. The van der Waals surface area contributed by atoms with E-state index < -0.39 is 80.7 Å². The molecule has 2 rings (SSSR count). The fourth-order valence-corrected chi connectivity index (χ4v) is 8.10. The summed E-state index contributed by atoms with van der Waals surface area (Å²) in [5, 5.41) is 71.8. The van der Waals surface area contributed by atoms with Gasteiger partial charge in [0.1, 0.15) is 54.9 Å². The number of ether oxygens (including phenoxy) is 6. The van der Waals surface area contributed by atoms with Gasteiger partial charge < -0.3 is 64.2 Å². The second kappa shape index (κ2) is 37.8. The van der Waals surface area contributed by atoms with Crippen molar-refractivity contribution < 1.29 is 69.0 Å². The molecule has 63 heavy (non-hydrogen) atoms. The van der Waals surface area contributed by atoms with Crippen LogP contribution in [0.1, 0.15) is 194 Å². The number of carbonyl (C=O) groups is 1. The molecule has 0 aliphatic carbocycles. The van der Waals surface area contributed by atoms with Gasteiger partial charge in [0.2, 0.25) is 0 Å². The Balaban J connectivity index is 1.66. The number of aliphatic hydroxyl groups is 7. The third kappa shape index (κ3) is 26.0. The van der Waals surface area contributed by atoms with E-state index in [2.05, 4.69) is 26.0 Å².